The smallest absolute Gasteiger partial charge is 0.224 e. The summed E-state index contributed by atoms with van der Waals surface area (Å²) in [5.74, 6) is 0.436. The molecule has 0 bridgehead atoms. The van der Waals surface area contributed by atoms with Gasteiger partial charge in [-0.3, -0.25) is 4.79 Å². The summed E-state index contributed by atoms with van der Waals surface area (Å²) in [6, 6.07) is 0. The van der Waals surface area contributed by atoms with Crippen molar-refractivity contribution in [2.24, 2.45) is 16.7 Å². The van der Waals surface area contributed by atoms with Crippen LogP contribution in [-0.2, 0) is 4.79 Å². The zero-order valence-corrected chi connectivity index (χ0v) is 12.3. The molecule has 0 aromatic heterocycles. The summed E-state index contributed by atoms with van der Waals surface area (Å²) in [6.45, 7) is 8.77. The van der Waals surface area contributed by atoms with Gasteiger partial charge in [0.2, 0.25) is 5.91 Å². The van der Waals surface area contributed by atoms with Crippen molar-refractivity contribution in [2.45, 2.75) is 52.5 Å². The molecule has 2 aliphatic rings. The van der Waals surface area contributed by atoms with Crippen molar-refractivity contribution in [3.05, 3.63) is 0 Å². The maximum atomic E-state index is 12.3. The van der Waals surface area contributed by atoms with Crippen molar-refractivity contribution in [3.8, 4) is 0 Å². The Labute approximate surface area is 107 Å². The van der Waals surface area contributed by atoms with E-state index in [-0.39, 0.29) is 28.2 Å². The minimum absolute atomic E-state index is 0.0613. The molecule has 2 saturated carbocycles. The summed E-state index contributed by atoms with van der Waals surface area (Å²) in [6.07, 6.45) is 3.48. The molecule has 0 heterocycles. The number of carbonyl (C=O) groups excluding carboxylic acids is 1. The Morgan fingerprint density at radius 3 is 2.00 bits per heavy atom. The number of amides is 1. The molecule has 0 aromatic carbocycles. The minimum Gasteiger partial charge on any atom is -0.350 e. The normalized spacial score (nSPS) is 29.3. The maximum absolute atomic E-state index is 12.3. The van der Waals surface area contributed by atoms with Crippen LogP contribution in [0.15, 0.2) is 0 Å². The molecule has 0 spiro atoms. The fraction of sp³-hybridized carbons (Fsp3) is 0.923. The molecule has 0 atom stereocenters. The first-order valence-electron chi connectivity index (χ1n) is 6.15. The van der Waals surface area contributed by atoms with Crippen LogP contribution in [0.25, 0.3) is 0 Å². The van der Waals surface area contributed by atoms with Crippen LogP contribution in [0.5, 0.6) is 0 Å². The minimum atomic E-state index is 0.0613. The summed E-state index contributed by atoms with van der Waals surface area (Å²) in [5, 5.41) is 4.16. The summed E-state index contributed by atoms with van der Waals surface area (Å²) in [7, 11) is 0. The number of alkyl halides is 1. The molecule has 1 N–H and O–H groups in total. The molecule has 2 rings (SSSR count). The largest absolute Gasteiger partial charge is 0.350 e. The summed E-state index contributed by atoms with van der Waals surface area (Å²) < 4.78 is 0. The molecule has 16 heavy (non-hydrogen) atoms. The standard InChI is InChI=1S/C13H22BrNO/c1-11(2)9(12(11,3)4)10(16)15-13(8-14)6-5-7-13/h9H,5-8H2,1-4H3,(H,15,16). The molecule has 0 radical (unpaired) electrons. The first-order valence-corrected chi connectivity index (χ1v) is 7.27. The molecule has 2 aliphatic carbocycles. The van der Waals surface area contributed by atoms with Gasteiger partial charge in [0, 0.05) is 16.8 Å². The van der Waals surface area contributed by atoms with Crippen LogP contribution in [0, 0.1) is 16.7 Å². The summed E-state index contributed by atoms with van der Waals surface area (Å²) in [5.41, 5.74) is 0.356. The van der Waals surface area contributed by atoms with Crippen LogP contribution in [-0.4, -0.2) is 16.8 Å². The van der Waals surface area contributed by atoms with Crippen LogP contribution in [0.1, 0.15) is 47.0 Å². The van der Waals surface area contributed by atoms with E-state index < -0.39 is 0 Å². The van der Waals surface area contributed by atoms with Crippen LogP contribution < -0.4 is 5.32 Å². The Morgan fingerprint density at radius 1 is 1.25 bits per heavy atom. The summed E-state index contributed by atoms with van der Waals surface area (Å²) >= 11 is 3.52. The van der Waals surface area contributed by atoms with E-state index in [4.69, 9.17) is 0 Å². The molecule has 0 unspecified atom stereocenters. The lowest BCUT2D eigenvalue weighted by molar-refractivity contribution is -0.126. The van der Waals surface area contributed by atoms with E-state index >= 15 is 0 Å². The Bertz CT molecular complexity index is 298. The first-order chi connectivity index (χ1) is 7.27. The second-order valence-electron chi connectivity index (χ2n) is 6.63. The highest BCUT2D eigenvalue weighted by Gasteiger charge is 2.68. The maximum Gasteiger partial charge on any atom is 0.224 e. The highest BCUT2D eigenvalue weighted by Crippen LogP contribution is 2.68. The van der Waals surface area contributed by atoms with Crippen molar-refractivity contribution in [1.82, 2.24) is 5.32 Å². The number of halogens is 1. The van der Waals surface area contributed by atoms with E-state index in [1.807, 2.05) is 0 Å². The lowest BCUT2D eigenvalue weighted by atomic mass is 9.78. The first kappa shape index (κ1) is 12.4. The third kappa shape index (κ3) is 1.54. The fourth-order valence-electron chi connectivity index (χ4n) is 3.08. The molecular weight excluding hydrogens is 266 g/mol. The number of carbonyl (C=O) groups is 1. The van der Waals surface area contributed by atoms with Crippen molar-refractivity contribution < 1.29 is 4.79 Å². The predicted octanol–water partition coefficient (Wildman–Crippen LogP) is 3.10. The van der Waals surface area contributed by atoms with Gasteiger partial charge in [-0.15, -0.1) is 0 Å². The zero-order valence-electron chi connectivity index (χ0n) is 10.7. The average molecular weight is 288 g/mol. The number of rotatable bonds is 3. The van der Waals surface area contributed by atoms with Crippen molar-refractivity contribution in [2.75, 3.05) is 5.33 Å². The van der Waals surface area contributed by atoms with Gasteiger partial charge in [-0.2, -0.15) is 0 Å². The third-order valence-corrected chi connectivity index (χ3v) is 6.31. The quantitative estimate of drug-likeness (QED) is 0.794. The Hall–Kier alpha value is -0.0500. The van der Waals surface area contributed by atoms with Crippen LogP contribution >= 0.6 is 15.9 Å². The van der Waals surface area contributed by atoms with E-state index in [9.17, 15) is 4.79 Å². The highest BCUT2D eigenvalue weighted by atomic mass is 79.9. The predicted molar refractivity (Wildman–Crippen MR) is 69.6 cm³/mol. The number of hydrogen-bond acceptors (Lipinski definition) is 1. The van der Waals surface area contributed by atoms with E-state index in [1.165, 1.54) is 6.42 Å². The van der Waals surface area contributed by atoms with Gasteiger partial charge in [-0.25, -0.2) is 0 Å². The summed E-state index contributed by atoms with van der Waals surface area (Å²) in [4.78, 5) is 12.3. The van der Waals surface area contributed by atoms with Crippen molar-refractivity contribution >= 4 is 21.8 Å². The van der Waals surface area contributed by atoms with Gasteiger partial charge in [-0.1, -0.05) is 43.6 Å². The number of nitrogens with one attached hydrogen (secondary N) is 1. The van der Waals surface area contributed by atoms with E-state index in [0.29, 0.717) is 0 Å². The van der Waals surface area contributed by atoms with Gasteiger partial charge in [0.1, 0.15) is 0 Å². The monoisotopic (exact) mass is 287 g/mol. The zero-order chi connectivity index (χ0) is 12.2. The van der Waals surface area contributed by atoms with Gasteiger partial charge in [0.05, 0.1) is 0 Å². The molecular formula is C13H22BrNO. The molecule has 0 aromatic rings. The molecule has 2 nitrogen and oxygen atoms in total. The van der Waals surface area contributed by atoms with Crippen LogP contribution in [0.2, 0.25) is 0 Å². The molecule has 0 aliphatic heterocycles. The lowest BCUT2D eigenvalue weighted by Gasteiger charge is -2.41. The third-order valence-electron chi connectivity index (χ3n) is 5.24. The molecule has 0 saturated heterocycles. The van der Waals surface area contributed by atoms with Gasteiger partial charge in [0.25, 0.3) is 0 Å². The van der Waals surface area contributed by atoms with Gasteiger partial charge in [0.15, 0.2) is 0 Å². The van der Waals surface area contributed by atoms with Crippen LogP contribution in [0.3, 0.4) is 0 Å². The SMILES string of the molecule is CC1(C)C(C(=O)NC2(CBr)CCC2)C1(C)C. The molecule has 3 heteroatoms. The fourth-order valence-corrected chi connectivity index (χ4v) is 3.78. The van der Waals surface area contributed by atoms with Crippen LogP contribution in [0.4, 0.5) is 0 Å². The topological polar surface area (TPSA) is 29.1 Å². The second-order valence-corrected chi connectivity index (χ2v) is 7.19. The lowest BCUT2D eigenvalue weighted by Crippen LogP contribution is -2.55. The van der Waals surface area contributed by atoms with Gasteiger partial charge < -0.3 is 5.32 Å². The highest BCUT2D eigenvalue weighted by molar-refractivity contribution is 9.09. The average Bonchev–Trinajstić information content (AvgIpc) is 2.50. The molecule has 1 amide bonds. The van der Waals surface area contributed by atoms with E-state index in [0.717, 1.165) is 18.2 Å². The Balaban J connectivity index is 2.01. The Morgan fingerprint density at radius 2 is 1.75 bits per heavy atom. The van der Waals surface area contributed by atoms with Gasteiger partial charge in [-0.05, 0) is 30.1 Å². The molecule has 92 valence electrons. The second kappa shape index (κ2) is 3.47. The molecule has 2 fully saturated rings. The van der Waals surface area contributed by atoms with E-state index in [2.05, 4.69) is 48.9 Å². The van der Waals surface area contributed by atoms with E-state index in [1.54, 1.807) is 0 Å². The van der Waals surface area contributed by atoms with Crippen molar-refractivity contribution in [3.63, 3.8) is 0 Å². The Kier molecular flexibility index (Phi) is 2.69. The van der Waals surface area contributed by atoms with Gasteiger partial charge >= 0.3 is 0 Å². The number of hydrogen-bond donors (Lipinski definition) is 1. The van der Waals surface area contributed by atoms with Crippen molar-refractivity contribution in [1.29, 1.82) is 0 Å².